The third-order valence-corrected chi connectivity index (χ3v) is 3.64. The third-order valence-electron chi connectivity index (χ3n) is 2.87. The second-order valence-corrected chi connectivity index (χ2v) is 5.35. The van der Waals surface area contributed by atoms with Gasteiger partial charge in [-0.2, -0.15) is 0 Å². The molecule has 100 valence electrons. The van der Waals surface area contributed by atoms with Crippen LogP contribution in [0, 0.1) is 0 Å². The maximum Gasteiger partial charge on any atom is 0.119 e. The van der Waals surface area contributed by atoms with E-state index in [2.05, 4.69) is 45.0 Å². The van der Waals surface area contributed by atoms with E-state index in [-0.39, 0.29) is 0 Å². The number of halogens is 1. The number of ether oxygens (including phenoxy) is 1. The smallest absolute Gasteiger partial charge is 0.119 e. The fourth-order valence-corrected chi connectivity index (χ4v) is 2.32. The quantitative estimate of drug-likeness (QED) is 0.843. The van der Waals surface area contributed by atoms with Crippen molar-refractivity contribution in [1.29, 1.82) is 0 Å². The number of aromatic nitrogens is 1. The average molecular weight is 321 g/mol. The van der Waals surface area contributed by atoms with Crippen LogP contribution in [0.5, 0.6) is 5.75 Å². The van der Waals surface area contributed by atoms with Crippen LogP contribution in [0.4, 0.5) is 0 Å². The molecule has 0 bridgehead atoms. The maximum atomic E-state index is 5.26. The monoisotopic (exact) mass is 320 g/mol. The summed E-state index contributed by atoms with van der Waals surface area (Å²) in [5, 5.41) is 0. The van der Waals surface area contributed by atoms with Crippen LogP contribution in [-0.4, -0.2) is 24.0 Å². The fourth-order valence-electron chi connectivity index (χ4n) is 1.95. The minimum atomic E-state index is 0.854. The first kappa shape index (κ1) is 14.0. The first-order chi connectivity index (χ1) is 9.19. The predicted octanol–water partition coefficient (Wildman–Crippen LogP) is 3.48. The van der Waals surface area contributed by atoms with Gasteiger partial charge in [-0.3, -0.25) is 9.88 Å². The van der Waals surface area contributed by atoms with E-state index < -0.39 is 0 Å². The lowest BCUT2D eigenvalue weighted by molar-refractivity contribution is 0.317. The normalized spacial score (nSPS) is 10.7. The molecule has 0 aliphatic heterocycles. The number of nitrogens with zero attached hydrogens (tertiary/aromatic N) is 2. The van der Waals surface area contributed by atoms with Crippen LogP contribution in [-0.2, 0) is 13.1 Å². The minimum Gasteiger partial charge on any atom is -0.497 e. The first-order valence-corrected chi connectivity index (χ1v) is 6.88. The molecule has 0 saturated carbocycles. The van der Waals surface area contributed by atoms with Crippen molar-refractivity contribution in [2.45, 2.75) is 13.1 Å². The molecule has 0 fully saturated rings. The van der Waals surface area contributed by atoms with Gasteiger partial charge in [0, 0.05) is 30.0 Å². The van der Waals surface area contributed by atoms with E-state index in [9.17, 15) is 0 Å². The highest BCUT2D eigenvalue weighted by molar-refractivity contribution is 9.10. The fraction of sp³-hybridized carbons (Fsp3) is 0.267. The van der Waals surface area contributed by atoms with E-state index in [0.717, 1.165) is 23.3 Å². The standard InChI is InChI=1S/C15H17BrN2O/c1-18(10-12-4-3-7-17-9-12)11-13-8-14(19-2)5-6-15(13)16/h3-9H,10-11H2,1-2H3. The van der Waals surface area contributed by atoms with Gasteiger partial charge in [0.2, 0.25) is 0 Å². The second-order valence-electron chi connectivity index (χ2n) is 4.49. The van der Waals surface area contributed by atoms with E-state index in [1.54, 1.807) is 13.3 Å². The van der Waals surface area contributed by atoms with Gasteiger partial charge in [0.15, 0.2) is 0 Å². The highest BCUT2D eigenvalue weighted by Crippen LogP contribution is 2.23. The molecule has 0 aliphatic rings. The summed E-state index contributed by atoms with van der Waals surface area (Å²) >= 11 is 3.58. The van der Waals surface area contributed by atoms with Crippen LogP contribution in [0.25, 0.3) is 0 Å². The zero-order valence-electron chi connectivity index (χ0n) is 11.1. The number of methoxy groups -OCH3 is 1. The summed E-state index contributed by atoms with van der Waals surface area (Å²) in [5.74, 6) is 0.882. The van der Waals surface area contributed by atoms with E-state index in [1.807, 2.05) is 24.4 Å². The van der Waals surface area contributed by atoms with Gasteiger partial charge in [-0.1, -0.05) is 22.0 Å². The molecule has 1 aromatic heterocycles. The Bertz CT molecular complexity index is 531. The Balaban J connectivity index is 2.04. The summed E-state index contributed by atoms with van der Waals surface area (Å²) in [5.41, 5.74) is 2.43. The van der Waals surface area contributed by atoms with Crippen molar-refractivity contribution in [2.24, 2.45) is 0 Å². The Morgan fingerprint density at radius 2 is 2.11 bits per heavy atom. The molecule has 0 amide bonds. The minimum absolute atomic E-state index is 0.854. The molecule has 0 spiro atoms. The molecule has 2 aromatic rings. The Labute approximate surface area is 122 Å². The van der Waals surface area contributed by atoms with Crippen molar-refractivity contribution in [3.05, 3.63) is 58.3 Å². The molecule has 1 heterocycles. The Morgan fingerprint density at radius 3 is 2.79 bits per heavy atom. The molecule has 4 heteroatoms. The van der Waals surface area contributed by atoms with Crippen LogP contribution in [0.3, 0.4) is 0 Å². The summed E-state index contributed by atoms with van der Waals surface area (Å²) in [6.07, 6.45) is 3.69. The van der Waals surface area contributed by atoms with Crippen molar-refractivity contribution in [3.63, 3.8) is 0 Å². The highest BCUT2D eigenvalue weighted by atomic mass is 79.9. The number of pyridine rings is 1. The molecule has 19 heavy (non-hydrogen) atoms. The van der Waals surface area contributed by atoms with Gasteiger partial charge in [-0.05, 0) is 42.4 Å². The second kappa shape index (κ2) is 6.68. The largest absolute Gasteiger partial charge is 0.497 e. The van der Waals surface area contributed by atoms with E-state index in [1.165, 1.54) is 11.1 Å². The summed E-state index contributed by atoms with van der Waals surface area (Å²) in [7, 11) is 3.78. The molecule has 0 unspecified atom stereocenters. The summed E-state index contributed by atoms with van der Waals surface area (Å²) in [6.45, 7) is 1.73. The number of rotatable bonds is 5. The molecule has 0 aliphatic carbocycles. The van der Waals surface area contributed by atoms with E-state index in [0.29, 0.717) is 0 Å². The topological polar surface area (TPSA) is 25.4 Å². The zero-order chi connectivity index (χ0) is 13.7. The molecule has 0 N–H and O–H groups in total. The molecule has 0 saturated heterocycles. The lowest BCUT2D eigenvalue weighted by atomic mass is 10.2. The van der Waals surface area contributed by atoms with Gasteiger partial charge in [0.1, 0.15) is 5.75 Å². The van der Waals surface area contributed by atoms with Crippen LogP contribution in [0.2, 0.25) is 0 Å². The Morgan fingerprint density at radius 1 is 1.26 bits per heavy atom. The van der Waals surface area contributed by atoms with Crippen LogP contribution < -0.4 is 4.74 Å². The molecular formula is C15H17BrN2O. The van der Waals surface area contributed by atoms with Crippen molar-refractivity contribution in [3.8, 4) is 5.75 Å². The summed E-state index contributed by atoms with van der Waals surface area (Å²) < 4.78 is 6.36. The maximum absolute atomic E-state index is 5.26. The number of hydrogen-bond acceptors (Lipinski definition) is 3. The molecule has 2 rings (SSSR count). The van der Waals surface area contributed by atoms with Gasteiger partial charge in [0.05, 0.1) is 7.11 Å². The molecule has 0 atom stereocenters. The number of hydrogen-bond donors (Lipinski definition) is 0. The highest BCUT2D eigenvalue weighted by Gasteiger charge is 2.06. The van der Waals surface area contributed by atoms with Crippen LogP contribution in [0.1, 0.15) is 11.1 Å². The zero-order valence-corrected chi connectivity index (χ0v) is 12.7. The van der Waals surface area contributed by atoms with Crippen molar-refractivity contribution >= 4 is 15.9 Å². The molecule has 3 nitrogen and oxygen atoms in total. The van der Waals surface area contributed by atoms with Crippen LogP contribution >= 0.6 is 15.9 Å². The summed E-state index contributed by atoms with van der Waals surface area (Å²) in [4.78, 5) is 6.38. The van der Waals surface area contributed by atoms with Crippen LogP contribution in [0.15, 0.2) is 47.2 Å². The SMILES string of the molecule is COc1ccc(Br)c(CN(C)Cc2cccnc2)c1. The van der Waals surface area contributed by atoms with Crippen molar-refractivity contribution in [2.75, 3.05) is 14.2 Å². The average Bonchev–Trinajstić information content (AvgIpc) is 2.42. The third kappa shape index (κ3) is 4.04. The number of benzene rings is 1. The van der Waals surface area contributed by atoms with Gasteiger partial charge in [0.25, 0.3) is 0 Å². The summed E-state index contributed by atoms with van der Waals surface area (Å²) in [6, 6.07) is 10.1. The van der Waals surface area contributed by atoms with E-state index in [4.69, 9.17) is 4.74 Å². The molecular weight excluding hydrogens is 304 g/mol. The van der Waals surface area contributed by atoms with E-state index >= 15 is 0 Å². The first-order valence-electron chi connectivity index (χ1n) is 6.09. The van der Waals surface area contributed by atoms with Crippen molar-refractivity contribution < 1.29 is 4.74 Å². The van der Waals surface area contributed by atoms with Gasteiger partial charge in [-0.15, -0.1) is 0 Å². The van der Waals surface area contributed by atoms with Gasteiger partial charge < -0.3 is 4.74 Å². The predicted molar refractivity (Wildman–Crippen MR) is 80.1 cm³/mol. The van der Waals surface area contributed by atoms with Gasteiger partial charge in [-0.25, -0.2) is 0 Å². The lowest BCUT2D eigenvalue weighted by Crippen LogP contribution is -2.17. The molecule has 1 aromatic carbocycles. The Hall–Kier alpha value is -1.39. The lowest BCUT2D eigenvalue weighted by Gasteiger charge is -2.18. The van der Waals surface area contributed by atoms with Crippen molar-refractivity contribution in [1.82, 2.24) is 9.88 Å². The Kier molecular flexibility index (Phi) is 4.93. The molecule has 0 radical (unpaired) electrons. The van der Waals surface area contributed by atoms with Gasteiger partial charge >= 0.3 is 0 Å².